The van der Waals surface area contributed by atoms with E-state index < -0.39 is 12.0 Å². The Kier molecular flexibility index (Phi) is 8.01. The summed E-state index contributed by atoms with van der Waals surface area (Å²) in [6.07, 6.45) is 2.60. The van der Waals surface area contributed by atoms with Crippen molar-refractivity contribution >= 4 is 55.0 Å². The third-order valence-corrected chi connectivity index (χ3v) is 7.60. The van der Waals surface area contributed by atoms with Crippen molar-refractivity contribution in [3.8, 4) is 11.1 Å². The molecule has 0 radical (unpaired) electrons. The number of esters is 1. The molecule has 0 fully saturated rings. The predicted molar refractivity (Wildman–Crippen MR) is 147 cm³/mol. The minimum Gasteiger partial charge on any atom is -0.462 e. The average Bonchev–Trinajstić information content (AvgIpc) is 3.26. The molecule has 2 heterocycles. The first-order valence-electron chi connectivity index (χ1n) is 11.7. The van der Waals surface area contributed by atoms with Gasteiger partial charge in [-0.3, -0.25) is 14.2 Å². The lowest BCUT2D eigenvalue weighted by molar-refractivity contribution is -0.119. The van der Waals surface area contributed by atoms with E-state index in [1.807, 2.05) is 31.2 Å². The molecule has 0 saturated carbocycles. The van der Waals surface area contributed by atoms with Crippen LogP contribution in [-0.4, -0.2) is 28.0 Å². The number of thiophene rings is 1. The van der Waals surface area contributed by atoms with E-state index in [-0.39, 0.29) is 18.1 Å². The van der Waals surface area contributed by atoms with Crippen LogP contribution in [0.4, 0.5) is 5.69 Å². The summed E-state index contributed by atoms with van der Waals surface area (Å²) < 4.78 is 7.40. The Labute approximate surface area is 221 Å². The maximum absolute atomic E-state index is 13.8. The van der Waals surface area contributed by atoms with Crippen LogP contribution < -0.4 is 10.9 Å². The van der Waals surface area contributed by atoms with Crippen molar-refractivity contribution in [2.75, 3.05) is 11.9 Å². The average molecular weight is 568 g/mol. The van der Waals surface area contributed by atoms with Crippen molar-refractivity contribution in [2.24, 2.45) is 0 Å². The number of nitrogens with one attached hydrogen (secondary N) is 1. The first kappa shape index (κ1) is 25.8. The first-order valence-corrected chi connectivity index (χ1v) is 13.3. The Morgan fingerprint density at radius 1 is 1.14 bits per heavy atom. The molecule has 4 aromatic rings. The van der Waals surface area contributed by atoms with Crippen LogP contribution in [0.3, 0.4) is 0 Å². The highest BCUT2D eigenvalue weighted by Gasteiger charge is 2.24. The number of rotatable bonds is 8. The van der Waals surface area contributed by atoms with Gasteiger partial charge in [0.05, 0.1) is 23.9 Å². The molecule has 0 aliphatic heterocycles. The molecule has 0 aliphatic carbocycles. The monoisotopic (exact) mass is 567 g/mol. The highest BCUT2D eigenvalue weighted by Crippen LogP contribution is 2.37. The molecule has 0 spiro atoms. The van der Waals surface area contributed by atoms with E-state index in [1.165, 1.54) is 22.2 Å². The largest absolute Gasteiger partial charge is 0.462 e. The number of ether oxygens (including phenoxy) is 1. The molecular weight excluding hydrogens is 542 g/mol. The van der Waals surface area contributed by atoms with Crippen LogP contribution in [0.5, 0.6) is 0 Å². The Bertz CT molecular complexity index is 1480. The van der Waals surface area contributed by atoms with Crippen molar-refractivity contribution in [3.05, 3.63) is 80.1 Å². The quantitative estimate of drug-likeness (QED) is 0.255. The van der Waals surface area contributed by atoms with Crippen molar-refractivity contribution in [2.45, 2.75) is 39.7 Å². The maximum Gasteiger partial charge on any atom is 0.338 e. The minimum absolute atomic E-state index is 0.254. The van der Waals surface area contributed by atoms with E-state index in [4.69, 9.17) is 4.74 Å². The number of amides is 1. The Morgan fingerprint density at radius 3 is 2.56 bits per heavy atom. The summed E-state index contributed by atoms with van der Waals surface area (Å²) in [7, 11) is 0. The summed E-state index contributed by atoms with van der Waals surface area (Å²) in [6.45, 7) is 5.89. The van der Waals surface area contributed by atoms with Gasteiger partial charge in [0.15, 0.2) is 0 Å². The summed E-state index contributed by atoms with van der Waals surface area (Å²) in [5.74, 6) is -0.825. The van der Waals surface area contributed by atoms with Crippen molar-refractivity contribution in [1.82, 2.24) is 9.55 Å². The van der Waals surface area contributed by atoms with Gasteiger partial charge < -0.3 is 10.1 Å². The van der Waals surface area contributed by atoms with Crippen molar-refractivity contribution < 1.29 is 14.3 Å². The molecule has 0 aliphatic rings. The highest BCUT2D eigenvalue weighted by atomic mass is 79.9. The number of aromatic nitrogens is 2. The lowest BCUT2D eigenvalue weighted by atomic mass is 10.0. The molecule has 2 aromatic heterocycles. The number of hydrogen-bond acceptors (Lipinski definition) is 6. The van der Waals surface area contributed by atoms with Crippen LogP contribution in [0.1, 0.15) is 48.5 Å². The maximum atomic E-state index is 13.8. The summed E-state index contributed by atoms with van der Waals surface area (Å²) >= 11 is 4.97. The topological polar surface area (TPSA) is 90.3 Å². The molecule has 0 saturated heterocycles. The van der Waals surface area contributed by atoms with E-state index in [0.717, 1.165) is 26.9 Å². The fourth-order valence-electron chi connectivity index (χ4n) is 4.12. The van der Waals surface area contributed by atoms with E-state index in [2.05, 4.69) is 33.2 Å². The highest BCUT2D eigenvalue weighted by molar-refractivity contribution is 9.10. The first-order chi connectivity index (χ1) is 17.4. The van der Waals surface area contributed by atoms with E-state index in [1.54, 1.807) is 31.2 Å². The number of carbonyl (C=O) groups excluding carboxylic acids is 2. The smallest absolute Gasteiger partial charge is 0.338 e. The van der Waals surface area contributed by atoms with Crippen molar-refractivity contribution in [1.29, 1.82) is 0 Å². The molecule has 1 N–H and O–H groups in total. The third kappa shape index (κ3) is 5.12. The van der Waals surface area contributed by atoms with Crippen LogP contribution in [-0.2, 0) is 16.0 Å². The number of benzene rings is 2. The molecule has 1 atom stereocenters. The number of halogens is 1. The molecule has 7 nitrogen and oxygen atoms in total. The zero-order valence-electron chi connectivity index (χ0n) is 20.2. The van der Waals surface area contributed by atoms with Gasteiger partial charge in [-0.2, -0.15) is 0 Å². The van der Waals surface area contributed by atoms with E-state index in [0.29, 0.717) is 27.9 Å². The Hall–Kier alpha value is -3.30. The lowest BCUT2D eigenvalue weighted by Gasteiger charge is -2.18. The number of aryl methyl sites for hydroxylation is 1. The second kappa shape index (κ2) is 11.2. The minimum atomic E-state index is -0.775. The van der Waals surface area contributed by atoms with Gasteiger partial charge in [0.2, 0.25) is 5.91 Å². The number of anilines is 1. The third-order valence-electron chi connectivity index (χ3n) is 5.83. The molecule has 1 amide bonds. The molecule has 9 heteroatoms. The predicted octanol–water partition coefficient (Wildman–Crippen LogP) is 6.22. The van der Waals surface area contributed by atoms with Gasteiger partial charge in [-0.05, 0) is 55.7 Å². The van der Waals surface area contributed by atoms with Crippen LogP contribution in [0.15, 0.2) is 64.1 Å². The second-order valence-electron chi connectivity index (χ2n) is 8.11. The summed E-state index contributed by atoms with van der Waals surface area (Å²) in [5, 5.41) is 3.36. The lowest BCUT2D eigenvalue weighted by Crippen LogP contribution is -2.33. The molecular formula is C27H26BrN3O4S. The molecule has 0 bridgehead atoms. The van der Waals surface area contributed by atoms with Gasteiger partial charge in [-0.25, -0.2) is 9.78 Å². The van der Waals surface area contributed by atoms with E-state index >= 15 is 0 Å². The Balaban J connectivity index is 1.73. The standard InChI is InChI=1S/C27H26BrN3O4S/c1-4-20(24(32)30-19-9-7-8-17(14-19)27(34)35-6-3)31-15-29-25-23(26(31)33)22(21(5-2)36-25)16-10-12-18(28)13-11-16/h7-15,20H,4-6H2,1-3H3,(H,30,32). The van der Waals surface area contributed by atoms with Gasteiger partial charge in [-0.15, -0.1) is 11.3 Å². The summed E-state index contributed by atoms with van der Waals surface area (Å²) in [6, 6.07) is 13.6. The molecule has 4 rings (SSSR count). The van der Waals surface area contributed by atoms with Crippen LogP contribution in [0.2, 0.25) is 0 Å². The van der Waals surface area contributed by atoms with Gasteiger partial charge in [-0.1, -0.05) is 48.0 Å². The van der Waals surface area contributed by atoms with Gasteiger partial charge in [0, 0.05) is 20.6 Å². The fourth-order valence-corrected chi connectivity index (χ4v) is 5.47. The summed E-state index contributed by atoms with van der Waals surface area (Å²) in [4.78, 5) is 45.4. The number of carbonyl (C=O) groups is 2. The second-order valence-corrected chi connectivity index (χ2v) is 10.1. The van der Waals surface area contributed by atoms with Crippen LogP contribution >= 0.6 is 27.3 Å². The van der Waals surface area contributed by atoms with Gasteiger partial charge in [0.1, 0.15) is 10.9 Å². The van der Waals surface area contributed by atoms with Crippen LogP contribution in [0.25, 0.3) is 21.3 Å². The number of hydrogen-bond donors (Lipinski definition) is 1. The fraction of sp³-hybridized carbons (Fsp3) is 0.259. The van der Waals surface area contributed by atoms with E-state index in [9.17, 15) is 14.4 Å². The van der Waals surface area contributed by atoms with Crippen LogP contribution in [0, 0.1) is 0 Å². The van der Waals surface area contributed by atoms with Gasteiger partial charge >= 0.3 is 5.97 Å². The SMILES string of the molecule is CCOC(=O)c1cccc(NC(=O)C(CC)n2cnc3sc(CC)c(-c4ccc(Br)cc4)c3c2=O)c1. The number of fused-ring (bicyclic) bond motifs is 1. The van der Waals surface area contributed by atoms with Gasteiger partial charge in [0.25, 0.3) is 5.56 Å². The van der Waals surface area contributed by atoms with Crippen molar-refractivity contribution in [3.63, 3.8) is 0 Å². The normalized spacial score (nSPS) is 11.9. The molecule has 186 valence electrons. The zero-order valence-corrected chi connectivity index (χ0v) is 22.6. The molecule has 36 heavy (non-hydrogen) atoms. The molecule has 1 unspecified atom stereocenters. The summed E-state index contributed by atoms with van der Waals surface area (Å²) in [5.41, 5.74) is 2.34. The molecule has 2 aromatic carbocycles. The number of nitrogens with zero attached hydrogens (tertiary/aromatic N) is 2. The Morgan fingerprint density at radius 2 is 1.89 bits per heavy atom. The zero-order chi connectivity index (χ0) is 25.8.